The van der Waals surface area contributed by atoms with Crippen molar-refractivity contribution in [1.29, 1.82) is 0 Å². The topological polar surface area (TPSA) is 102 Å². The molecule has 0 aliphatic carbocycles. The minimum atomic E-state index is -4.00. The zero-order valence-electron chi connectivity index (χ0n) is 20.7. The second kappa shape index (κ2) is 13.7. The van der Waals surface area contributed by atoms with Crippen LogP contribution in [0.4, 0.5) is 0 Å². The van der Waals surface area contributed by atoms with Gasteiger partial charge in [-0.3, -0.25) is 10.0 Å². The second-order valence-electron chi connectivity index (χ2n) is 8.82. The summed E-state index contributed by atoms with van der Waals surface area (Å²) >= 11 is 0. The van der Waals surface area contributed by atoms with Gasteiger partial charge in [0.05, 0.1) is 4.90 Å². The van der Waals surface area contributed by atoms with E-state index in [2.05, 4.69) is 28.7 Å². The lowest BCUT2D eigenvalue weighted by molar-refractivity contribution is -0.134. The number of piperazine rings is 1. The van der Waals surface area contributed by atoms with E-state index < -0.39 is 22.0 Å². The fourth-order valence-electron chi connectivity index (χ4n) is 3.95. The molecular formula is C24H38N4O5S. The smallest absolute Gasteiger partial charge is 0.262 e. The third kappa shape index (κ3) is 7.96. The number of rotatable bonds is 12. The minimum Gasteiger partial charge on any atom is -0.481 e. The van der Waals surface area contributed by atoms with Crippen molar-refractivity contribution in [3.8, 4) is 17.6 Å². The van der Waals surface area contributed by atoms with Gasteiger partial charge in [-0.05, 0) is 63.5 Å². The van der Waals surface area contributed by atoms with E-state index >= 15 is 0 Å². The molecule has 0 aromatic heterocycles. The van der Waals surface area contributed by atoms with E-state index in [9.17, 15) is 18.4 Å². The highest BCUT2D eigenvalue weighted by atomic mass is 32.2. The average Bonchev–Trinajstić information content (AvgIpc) is 2.82. The molecule has 0 spiro atoms. The molecule has 1 fully saturated rings. The van der Waals surface area contributed by atoms with Gasteiger partial charge in [0.25, 0.3) is 5.91 Å². The molecule has 1 atom stereocenters. The number of benzene rings is 1. The number of likely N-dealkylation sites (N-methyl/N-ethyl adjacent to an activating group) is 1. The van der Waals surface area contributed by atoms with Gasteiger partial charge in [0.1, 0.15) is 18.4 Å². The molecule has 1 aromatic carbocycles. The largest absolute Gasteiger partial charge is 0.481 e. The zero-order valence-corrected chi connectivity index (χ0v) is 21.5. The lowest BCUT2D eigenvalue weighted by Gasteiger charge is -2.33. The van der Waals surface area contributed by atoms with Crippen molar-refractivity contribution in [2.24, 2.45) is 5.92 Å². The monoisotopic (exact) mass is 494 g/mol. The van der Waals surface area contributed by atoms with Gasteiger partial charge in [-0.25, -0.2) is 13.9 Å². The Morgan fingerprint density at radius 2 is 1.82 bits per heavy atom. The number of nitrogens with zero attached hydrogens (tertiary/aromatic N) is 3. The first-order valence-electron chi connectivity index (χ1n) is 11.7. The summed E-state index contributed by atoms with van der Waals surface area (Å²) in [7, 11) is -1.89. The molecule has 2 N–H and O–H groups in total. The van der Waals surface area contributed by atoms with Crippen molar-refractivity contribution in [3.05, 3.63) is 24.3 Å². The predicted molar refractivity (Wildman–Crippen MR) is 131 cm³/mol. The number of hydrogen-bond donors (Lipinski definition) is 2. The van der Waals surface area contributed by atoms with Crippen LogP contribution in [-0.4, -0.2) is 92.6 Å². The molecule has 34 heavy (non-hydrogen) atoms. The first kappa shape index (κ1) is 28.1. The van der Waals surface area contributed by atoms with E-state index in [1.807, 2.05) is 0 Å². The van der Waals surface area contributed by atoms with Gasteiger partial charge in [-0.2, -0.15) is 4.31 Å². The molecule has 2 rings (SSSR count). The molecule has 1 aromatic rings. The number of carbonyl (C=O) groups excluding carboxylic acids is 1. The number of carbonyl (C=O) groups is 1. The van der Waals surface area contributed by atoms with Crippen LogP contribution >= 0.6 is 0 Å². The van der Waals surface area contributed by atoms with Crippen LogP contribution in [-0.2, 0) is 14.8 Å². The molecule has 1 aliphatic heterocycles. The van der Waals surface area contributed by atoms with Crippen LogP contribution in [0.1, 0.15) is 33.6 Å². The minimum absolute atomic E-state index is 0.0666. The van der Waals surface area contributed by atoms with Crippen molar-refractivity contribution < 1.29 is 23.2 Å². The second-order valence-corrected chi connectivity index (χ2v) is 10.7. The normalized spacial score (nSPS) is 16.2. The first-order valence-corrected chi connectivity index (χ1v) is 13.1. The molecule has 9 nitrogen and oxygen atoms in total. The van der Waals surface area contributed by atoms with E-state index in [1.165, 1.54) is 16.4 Å². The zero-order chi connectivity index (χ0) is 25.1. The summed E-state index contributed by atoms with van der Waals surface area (Å²) in [5.41, 5.74) is 1.64. The van der Waals surface area contributed by atoms with Crippen LogP contribution < -0.4 is 10.2 Å². The van der Waals surface area contributed by atoms with Gasteiger partial charge >= 0.3 is 0 Å². The van der Waals surface area contributed by atoms with Crippen LogP contribution in [0.15, 0.2) is 29.2 Å². The van der Waals surface area contributed by atoms with Crippen molar-refractivity contribution in [3.63, 3.8) is 0 Å². The number of hydroxylamine groups is 1. The molecule has 1 unspecified atom stereocenters. The maximum Gasteiger partial charge on any atom is 0.262 e. The number of nitrogens with one attached hydrogen (secondary N) is 1. The Labute approximate surface area is 204 Å². The van der Waals surface area contributed by atoms with E-state index in [0.717, 1.165) is 39.1 Å². The predicted octanol–water partition coefficient (Wildman–Crippen LogP) is 1.64. The summed E-state index contributed by atoms with van der Waals surface area (Å²) in [6.07, 6.45) is 1.41. The summed E-state index contributed by atoms with van der Waals surface area (Å²) in [5.74, 6) is 4.95. The van der Waals surface area contributed by atoms with Crippen LogP contribution in [0.5, 0.6) is 5.75 Å². The highest BCUT2D eigenvalue weighted by molar-refractivity contribution is 7.89. The van der Waals surface area contributed by atoms with E-state index in [-0.39, 0.29) is 24.0 Å². The average molecular weight is 495 g/mol. The number of sulfonamides is 1. The van der Waals surface area contributed by atoms with Gasteiger partial charge in [-0.15, -0.1) is 5.92 Å². The SMILES string of the molecule is CC#CCOc1ccc(S(=O)(=O)N(CCCCN2CCN(C)CC2)C(C(=O)NO)C(C)C)cc1. The van der Waals surface area contributed by atoms with Crippen molar-refractivity contribution in [1.82, 2.24) is 19.6 Å². The number of amides is 1. The van der Waals surface area contributed by atoms with Gasteiger partial charge in [0.2, 0.25) is 10.0 Å². The molecule has 190 valence electrons. The number of ether oxygens (including phenoxy) is 1. The molecule has 1 amide bonds. The fraction of sp³-hybridized carbons (Fsp3) is 0.625. The summed E-state index contributed by atoms with van der Waals surface area (Å²) in [6.45, 7) is 10.6. The fourth-order valence-corrected chi connectivity index (χ4v) is 5.71. The lowest BCUT2D eigenvalue weighted by atomic mass is 10.0. The van der Waals surface area contributed by atoms with Crippen molar-refractivity contribution in [2.45, 2.75) is 44.6 Å². The van der Waals surface area contributed by atoms with Crippen molar-refractivity contribution in [2.75, 3.05) is 52.9 Å². The summed E-state index contributed by atoms with van der Waals surface area (Å²) in [4.78, 5) is 17.2. The summed E-state index contributed by atoms with van der Waals surface area (Å²) < 4.78 is 33.9. The molecular weight excluding hydrogens is 456 g/mol. The molecule has 1 heterocycles. The highest BCUT2D eigenvalue weighted by Crippen LogP contribution is 2.25. The quantitative estimate of drug-likeness (QED) is 0.197. The Morgan fingerprint density at radius 1 is 1.18 bits per heavy atom. The van der Waals surface area contributed by atoms with E-state index in [1.54, 1.807) is 38.4 Å². The molecule has 0 radical (unpaired) electrons. The highest BCUT2D eigenvalue weighted by Gasteiger charge is 2.37. The Kier molecular flexibility index (Phi) is 11.3. The van der Waals surface area contributed by atoms with Crippen molar-refractivity contribution >= 4 is 15.9 Å². The van der Waals surface area contributed by atoms with Crippen LogP contribution in [0.25, 0.3) is 0 Å². The maximum absolute atomic E-state index is 13.6. The Bertz CT molecular complexity index is 932. The third-order valence-corrected chi connectivity index (χ3v) is 7.83. The Morgan fingerprint density at radius 3 is 2.38 bits per heavy atom. The molecule has 10 heteroatoms. The van der Waals surface area contributed by atoms with E-state index in [4.69, 9.17) is 4.74 Å². The lowest BCUT2D eigenvalue weighted by Crippen LogP contribution is -2.52. The number of unbranched alkanes of at least 4 members (excludes halogenated alkanes) is 1. The van der Waals surface area contributed by atoms with Crippen LogP contribution in [0.3, 0.4) is 0 Å². The molecule has 0 bridgehead atoms. The maximum atomic E-state index is 13.6. The summed E-state index contributed by atoms with van der Waals surface area (Å²) in [6, 6.07) is 5.05. The van der Waals surface area contributed by atoms with Gasteiger partial charge < -0.3 is 14.5 Å². The molecule has 0 saturated carbocycles. The van der Waals surface area contributed by atoms with Crippen LogP contribution in [0, 0.1) is 17.8 Å². The van der Waals surface area contributed by atoms with Crippen LogP contribution in [0.2, 0.25) is 0 Å². The van der Waals surface area contributed by atoms with Gasteiger partial charge in [0, 0.05) is 32.7 Å². The Hall–Kier alpha value is -2.16. The van der Waals surface area contributed by atoms with Gasteiger partial charge in [-0.1, -0.05) is 19.8 Å². The third-order valence-electron chi connectivity index (χ3n) is 5.94. The number of hydrogen-bond acceptors (Lipinski definition) is 7. The van der Waals surface area contributed by atoms with Gasteiger partial charge in [0.15, 0.2) is 0 Å². The Balaban J connectivity index is 2.16. The molecule has 1 saturated heterocycles. The first-order chi connectivity index (χ1) is 16.2. The standard InChI is InChI=1S/C24H38N4O5S/c1-5-6-19-33-21-9-11-22(12-10-21)34(31,32)28(23(20(2)3)24(29)25-30)14-8-7-13-27-17-15-26(4)16-18-27/h9-12,20,23,30H,7-8,13-19H2,1-4H3,(H,25,29). The van der Waals surface area contributed by atoms with E-state index in [0.29, 0.717) is 12.2 Å². The summed E-state index contributed by atoms with van der Waals surface area (Å²) in [5, 5.41) is 9.28. The molecule has 1 aliphatic rings.